The van der Waals surface area contributed by atoms with Gasteiger partial charge in [0.15, 0.2) is 0 Å². The maximum atomic E-state index is 11.8. The molecule has 0 unspecified atom stereocenters. The third kappa shape index (κ3) is 2.31. The molecule has 1 rings (SSSR count). The molecule has 0 radical (unpaired) electrons. The van der Waals surface area contributed by atoms with E-state index in [1.54, 1.807) is 14.0 Å². The van der Waals surface area contributed by atoms with Crippen LogP contribution in [0.2, 0.25) is 0 Å². The van der Waals surface area contributed by atoms with Gasteiger partial charge in [-0.15, -0.1) is 0 Å². The zero-order valence-electron chi connectivity index (χ0n) is 9.27. The van der Waals surface area contributed by atoms with Gasteiger partial charge in [-0.25, -0.2) is 0 Å². The molecule has 0 aromatic carbocycles. The number of anilines is 1. The summed E-state index contributed by atoms with van der Waals surface area (Å²) in [6.45, 7) is 1.03. The Bertz CT molecular complexity index is 384. The predicted octanol–water partition coefficient (Wildman–Crippen LogP) is -1.61. The zero-order valence-corrected chi connectivity index (χ0v) is 9.27. The molecule has 0 saturated carbocycles. The minimum Gasteiger partial charge on any atom is -0.395 e. The Balaban J connectivity index is 2.88. The summed E-state index contributed by atoms with van der Waals surface area (Å²) in [6.07, 6.45) is 0. The number of carbonyl (C=O) groups excluding carboxylic acids is 1. The highest BCUT2D eigenvalue weighted by molar-refractivity contribution is 5.98. The van der Waals surface area contributed by atoms with Gasteiger partial charge in [-0.3, -0.25) is 9.48 Å². The standard InChI is InChI=1S/C9H16N4O3/c1-5-7(10)8(13(2)12-5)9(16)11-6(3-14)4-15/h6,14-15H,3-4,10H2,1-2H3,(H,11,16). The summed E-state index contributed by atoms with van der Waals surface area (Å²) in [5.41, 5.74) is 6.79. The number of amides is 1. The maximum absolute atomic E-state index is 11.8. The number of nitrogens with one attached hydrogen (secondary N) is 1. The summed E-state index contributed by atoms with van der Waals surface area (Å²) in [7, 11) is 1.60. The third-order valence-electron chi connectivity index (χ3n) is 2.26. The van der Waals surface area contributed by atoms with E-state index in [1.807, 2.05) is 0 Å². The molecule has 1 aromatic heterocycles. The van der Waals surface area contributed by atoms with Crippen molar-refractivity contribution in [3.05, 3.63) is 11.4 Å². The maximum Gasteiger partial charge on any atom is 0.272 e. The highest BCUT2D eigenvalue weighted by Crippen LogP contribution is 2.14. The topological polar surface area (TPSA) is 113 Å². The average Bonchev–Trinajstić information content (AvgIpc) is 2.49. The number of nitrogens with zero attached hydrogens (tertiary/aromatic N) is 2. The minimum atomic E-state index is -0.692. The fourth-order valence-corrected chi connectivity index (χ4v) is 1.35. The van der Waals surface area contributed by atoms with Gasteiger partial charge >= 0.3 is 0 Å². The van der Waals surface area contributed by atoms with Gasteiger partial charge in [0.1, 0.15) is 5.69 Å². The lowest BCUT2D eigenvalue weighted by Crippen LogP contribution is -2.41. The van der Waals surface area contributed by atoms with Crippen molar-refractivity contribution >= 4 is 11.6 Å². The molecule has 16 heavy (non-hydrogen) atoms. The van der Waals surface area contributed by atoms with Crippen LogP contribution in [-0.4, -0.2) is 45.2 Å². The van der Waals surface area contributed by atoms with Gasteiger partial charge in [0, 0.05) is 7.05 Å². The van der Waals surface area contributed by atoms with Crippen LogP contribution in [0.5, 0.6) is 0 Å². The summed E-state index contributed by atoms with van der Waals surface area (Å²) in [5, 5.41) is 24.1. The molecule has 0 bridgehead atoms. The van der Waals surface area contributed by atoms with Crippen LogP contribution in [0, 0.1) is 6.92 Å². The van der Waals surface area contributed by atoms with Gasteiger partial charge in [0.05, 0.1) is 30.6 Å². The van der Waals surface area contributed by atoms with E-state index in [1.165, 1.54) is 4.68 Å². The second kappa shape index (κ2) is 4.95. The van der Waals surface area contributed by atoms with E-state index in [2.05, 4.69) is 10.4 Å². The fraction of sp³-hybridized carbons (Fsp3) is 0.556. The second-order valence-electron chi connectivity index (χ2n) is 3.51. The molecule has 0 aliphatic rings. The van der Waals surface area contributed by atoms with E-state index < -0.39 is 11.9 Å². The average molecular weight is 228 g/mol. The van der Waals surface area contributed by atoms with Crippen LogP contribution < -0.4 is 11.1 Å². The molecule has 0 saturated heterocycles. The van der Waals surface area contributed by atoms with Gasteiger partial charge < -0.3 is 21.3 Å². The molecule has 1 heterocycles. The van der Waals surface area contributed by atoms with Gasteiger partial charge in [0.25, 0.3) is 5.91 Å². The lowest BCUT2D eigenvalue weighted by atomic mass is 10.2. The van der Waals surface area contributed by atoms with Gasteiger partial charge in [-0.1, -0.05) is 0 Å². The summed E-state index contributed by atoms with van der Waals surface area (Å²) >= 11 is 0. The van der Waals surface area contributed by atoms with E-state index >= 15 is 0 Å². The van der Waals surface area contributed by atoms with Crippen LogP contribution in [0.1, 0.15) is 16.2 Å². The van der Waals surface area contributed by atoms with Crippen LogP contribution in [0.25, 0.3) is 0 Å². The summed E-state index contributed by atoms with van der Waals surface area (Å²) in [6, 6.07) is -0.692. The molecule has 0 aliphatic heterocycles. The van der Waals surface area contributed by atoms with Crippen molar-refractivity contribution in [3.63, 3.8) is 0 Å². The molecule has 90 valence electrons. The van der Waals surface area contributed by atoms with E-state index in [0.717, 1.165) is 0 Å². The zero-order chi connectivity index (χ0) is 12.3. The normalized spacial score (nSPS) is 10.8. The minimum absolute atomic E-state index is 0.226. The number of nitrogens with two attached hydrogens (primary N) is 1. The molecule has 7 nitrogen and oxygen atoms in total. The van der Waals surface area contributed by atoms with Crippen molar-refractivity contribution in [1.82, 2.24) is 15.1 Å². The summed E-state index contributed by atoms with van der Waals surface area (Å²) in [4.78, 5) is 11.8. The number of hydrogen-bond donors (Lipinski definition) is 4. The predicted molar refractivity (Wildman–Crippen MR) is 57.8 cm³/mol. The molecular weight excluding hydrogens is 212 g/mol. The second-order valence-corrected chi connectivity index (χ2v) is 3.51. The number of rotatable bonds is 4. The molecule has 0 spiro atoms. The molecular formula is C9H16N4O3. The highest BCUT2D eigenvalue weighted by Gasteiger charge is 2.20. The Morgan fingerprint density at radius 1 is 1.56 bits per heavy atom. The van der Waals surface area contributed by atoms with Gasteiger partial charge in [-0.05, 0) is 6.92 Å². The van der Waals surface area contributed by atoms with Crippen LogP contribution in [0.3, 0.4) is 0 Å². The number of hydrogen-bond acceptors (Lipinski definition) is 5. The number of carbonyl (C=O) groups is 1. The monoisotopic (exact) mass is 228 g/mol. The first-order chi connectivity index (χ1) is 7.51. The molecule has 0 fully saturated rings. The fourth-order valence-electron chi connectivity index (χ4n) is 1.35. The Morgan fingerprint density at radius 3 is 2.50 bits per heavy atom. The molecule has 1 amide bonds. The molecule has 7 heteroatoms. The van der Waals surface area contributed by atoms with Gasteiger partial charge in [-0.2, -0.15) is 5.10 Å². The Kier molecular flexibility index (Phi) is 3.86. The van der Waals surface area contributed by atoms with E-state index in [4.69, 9.17) is 15.9 Å². The SMILES string of the molecule is Cc1nn(C)c(C(=O)NC(CO)CO)c1N. The van der Waals surface area contributed by atoms with E-state index in [0.29, 0.717) is 11.4 Å². The number of nitrogen functional groups attached to an aromatic ring is 1. The first kappa shape index (κ1) is 12.5. The van der Waals surface area contributed by atoms with Crippen LogP contribution in [-0.2, 0) is 7.05 Å². The lowest BCUT2D eigenvalue weighted by Gasteiger charge is -2.13. The summed E-state index contributed by atoms with van der Waals surface area (Å²) in [5.74, 6) is -0.464. The number of aliphatic hydroxyl groups is 2. The first-order valence-electron chi connectivity index (χ1n) is 4.82. The first-order valence-corrected chi connectivity index (χ1v) is 4.82. The number of aliphatic hydroxyl groups excluding tert-OH is 2. The third-order valence-corrected chi connectivity index (χ3v) is 2.26. The van der Waals surface area contributed by atoms with Crippen LogP contribution >= 0.6 is 0 Å². The largest absolute Gasteiger partial charge is 0.395 e. The quantitative estimate of drug-likeness (QED) is 0.495. The van der Waals surface area contributed by atoms with E-state index in [-0.39, 0.29) is 18.9 Å². The van der Waals surface area contributed by atoms with Crippen molar-refractivity contribution in [3.8, 4) is 0 Å². The lowest BCUT2D eigenvalue weighted by molar-refractivity contribution is 0.0871. The molecule has 1 aromatic rings. The summed E-state index contributed by atoms with van der Waals surface area (Å²) < 4.78 is 1.37. The van der Waals surface area contributed by atoms with Crippen molar-refractivity contribution in [2.24, 2.45) is 7.05 Å². The van der Waals surface area contributed by atoms with Crippen molar-refractivity contribution < 1.29 is 15.0 Å². The smallest absolute Gasteiger partial charge is 0.272 e. The van der Waals surface area contributed by atoms with Crippen molar-refractivity contribution in [2.75, 3.05) is 18.9 Å². The Morgan fingerprint density at radius 2 is 2.12 bits per heavy atom. The Hall–Kier alpha value is -1.60. The van der Waals surface area contributed by atoms with E-state index in [9.17, 15) is 4.79 Å². The van der Waals surface area contributed by atoms with Crippen molar-refractivity contribution in [1.29, 1.82) is 0 Å². The highest BCUT2D eigenvalue weighted by atomic mass is 16.3. The van der Waals surface area contributed by atoms with Crippen LogP contribution in [0.4, 0.5) is 5.69 Å². The van der Waals surface area contributed by atoms with Crippen molar-refractivity contribution in [2.45, 2.75) is 13.0 Å². The van der Waals surface area contributed by atoms with Gasteiger partial charge in [0.2, 0.25) is 0 Å². The molecule has 0 aliphatic carbocycles. The van der Waals surface area contributed by atoms with Crippen LogP contribution in [0.15, 0.2) is 0 Å². The number of aromatic nitrogens is 2. The molecule has 0 atom stereocenters. The molecule has 5 N–H and O–H groups in total. The Labute approximate surface area is 92.9 Å². The number of aryl methyl sites for hydroxylation is 2.